The molecule has 1 aromatic heterocycles. The molecule has 2 aromatic rings. The molecule has 0 saturated carbocycles. The second-order valence-corrected chi connectivity index (χ2v) is 3.09. The first-order valence-electron chi connectivity index (χ1n) is 4.52. The minimum absolute atomic E-state index is 0.0297. The van der Waals surface area contributed by atoms with Crippen LogP contribution >= 0.6 is 0 Å². The Kier molecular flexibility index (Phi) is 2.51. The topological polar surface area (TPSA) is 73.3 Å². The zero-order chi connectivity index (χ0) is 11.5. The first kappa shape index (κ1) is 10.1. The summed E-state index contributed by atoms with van der Waals surface area (Å²) < 4.78 is 4.81. The van der Waals surface area contributed by atoms with E-state index in [0.717, 1.165) is 6.07 Å². The van der Waals surface area contributed by atoms with Crippen LogP contribution in [-0.2, 0) is 0 Å². The molecule has 0 aliphatic carbocycles. The van der Waals surface area contributed by atoms with Gasteiger partial charge in [-0.3, -0.25) is 14.9 Å². The highest BCUT2D eigenvalue weighted by Crippen LogP contribution is 2.18. The Morgan fingerprint density at radius 2 is 1.81 bits per heavy atom. The molecule has 0 aliphatic rings. The Morgan fingerprint density at radius 3 is 2.38 bits per heavy atom. The first-order chi connectivity index (χ1) is 7.68. The van der Waals surface area contributed by atoms with E-state index in [1.807, 2.05) is 0 Å². The van der Waals surface area contributed by atoms with Gasteiger partial charge in [-0.2, -0.15) is 0 Å². The summed E-state index contributed by atoms with van der Waals surface area (Å²) in [5.41, 5.74) is 0.437. The van der Waals surface area contributed by atoms with Crippen molar-refractivity contribution >= 4 is 11.7 Å². The predicted molar refractivity (Wildman–Crippen MR) is 55.2 cm³/mol. The summed E-state index contributed by atoms with van der Waals surface area (Å²) in [4.78, 5) is 21.5. The molecule has 16 heavy (non-hydrogen) atoms. The Morgan fingerprint density at radius 1 is 1.12 bits per heavy atom. The zero-order valence-electron chi connectivity index (χ0n) is 8.12. The minimum Gasteiger partial charge on any atom is -0.397 e. The maximum Gasteiger partial charge on any atom is 0.433 e. The normalized spacial score (nSPS) is 10.0. The van der Waals surface area contributed by atoms with Crippen LogP contribution in [0.15, 0.2) is 46.9 Å². The molecular weight excluding hydrogens is 210 g/mol. The lowest BCUT2D eigenvalue weighted by atomic mass is 10.1. The summed E-state index contributed by atoms with van der Waals surface area (Å²) in [6, 6.07) is 10.9. The van der Waals surface area contributed by atoms with Gasteiger partial charge in [0.2, 0.25) is 5.78 Å². The van der Waals surface area contributed by atoms with Crippen molar-refractivity contribution in [2.45, 2.75) is 0 Å². The summed E-state index contributed by atoms with van der Waals surface area (Å²) in [5, 5.41) is 10.4. The maximum atomic E-state index is 11.8. The molecule has 0 fully saturated rings. The number of rotatable bonds is 3. The van der Waals surface area contributed by atoms with Crippen molar-refractivity contribution in [3.8, 4) is 0 Å². The Bertz CT molecular complexity index is 530. The summed E-state index contributed by atoms with van der Waals surface area (Å²) in [6.45, 7) is 0. The van der Waals surface area contributed by atoms with Gasteiger partial charge in [0, 0.05) is 5.56 Å². The Labute approximate surface area is 90.5 Å². The molecule has 0 N–H and O–H groups in total. The third-order valence-corrected chi connectivity index (χ3v) is 2.03. The Balaban J connectivity index is 2.31. The molecule has 1 aromatic carbocycles. The number of hydrogen-bond donors (Lipinski definition) is 0. The average Bonchev–Trinajstić information content (AvgIpc) is 2.78. The van der Waals surface area contributed by atoms with E-state index in [9.17, 15) is 14.9 Å². The largest absolute Gasteiger partial charge is 0.433 e. The van der Waals surface area contributed by atoms with E-state index in [1.165, 1.54) is 6.07 Å². The summed E-state index contributed by atoms with van der Waals surface area (Å²) in [7, 11) is 0. The lowest BCUT2D eigenvalue weighted by molar-refractivity contribution is -0.402. The zero-order valence-corrected chi connectivity index (χ0v) is 8.12. The minimum atomic E-state index is -0.679. The van der Waals surface area contributed by atoms with Crippen molar-refractivity contribution in [3.63, 3.8) is 0 Å². The smallest absolute Gasteiger partial charge is 0.397 e. The lowest BCUT2D eigenvalue weighted by Gasteiger charge is -1.95. The number of carbonyl (C=O) groups is 1. The standard InChI is InChI=1S/C11H7NO4/c13-11(8-4-2-1-3-5-8)9-6-7-10(16-9)12(14)15/h1-7H. The van der Waals surface area contributed by atoms with Gasteiger partial charge in [0.15, 0.2) is 5.76 Å². The molecule has 2 rings (SSSR count). The molecule has 5 nitrogen and oxygen atoms in total. The van der Waals surface area contributed by atoms with E-state index in [-0.39, 0.29) is 11.5 Å². The molecule has 0 bridgehead atoms. The van der Waals surface area contributed by atoms with E-state index in [0.29, 0.717) is 5.56 Å². The molecule has 0 saturated heterocycles. The number of carbonyl (C=O) groups excluding carboxylic acids is 1. The van der Waals surface area contributed by atoms with Gasteiger partial charge in [0.25, 0.3) is 0 Å². The molecule has 0 atom stereocenters. The fourth-order valence-electron chi connectivity index (χ4n) is 1.28. The first-order valence-corrected chi connectivity index (χ1v) is 4.52. The van der Waals surface area contributed by atoms with Crippen molar-refractivity contribution in [1.82, 2.24) is 0 Å². The van der Waals surface area contributed by atoms with E-state index in [4.69, 9.17) is 4.42 Å². The monoisotopic (exact) mass is 217 g/mol. The van der Waals surface area contributed by atoms with Gasteiger partial charge >= 0.3 is 5.88 Å². The average molecular weight is 217 g/mol. The highest BCUT2D eigenvalue weighted by Gasteiger charge is 2.18. The van der Waals surface area contributed by atoms with Crippen LogP contribution < -0.4 is 0 Å². The maximum absolute atomic E-state index is 11.8. The lowest BCUT2D eigenvalue weighted by Crippen LogP contribution is -1.98. The van der Waals surface area contributed by atoms with E-state index < -0.39 is 10.8 Å². The van der Waals surface area contributed by atoms with Gasteiger partial charge in [0.05, 0.1) is 6.07 Å². The van der Waals surface area contributed by atoms with Crippen LogP contribution in [0.1, 0.15) is 16.1 Å². The van der Waals surface area contributed by atoms with Gasteiger partial charge in [-0.1, -0.05) is 30.3 Å². The number of hydrogen-bond acceptors (Lipinski definition) is 4. The van der Waals surface area contributed by atoms with Crippen molar-refractivity contribution in [2.75, 3.05) is 0 Å². The molecule has 5 heteroatoms. The molecule has 0 aliphatic heterocycles. The Hall–Kier alpha value is -2.43. The highest BCUT2D eigenvalue weighted by molar-refractivity contribution is 6.07. The van der Waals surface area contributed by atoms with Gasteiger partial charge in [-0.05, 0) is 6.07 Å². The van der Waals surface area contributed by atoms with Gasteiger partial charge in [-0.25, -0.2) is 0 Å². The SMILES string of the molecule is O=C(c1ccccc1)c1ccc([N+](=O)[O-])o1. The van der Waals surface area contributed by atoms with Crippen LogP contribution in [0.2, 0.25) is 0 Å². The van der Waals surface area contributed by atoms with Gasteiger partial charge in [0.1, 0.15) is 4.92 Å². The number of nitrogens with zero attached hydrogens (tertiary/aromatic N) is 1. The molecule has 1 heterocycles. The second-order valence-electron chi connectivity index (χ2n) is 3.09. The van der Waals surface area contributed by atoms with E-state index in [2.05, 4.69) is 0 Å². The van der Waals surface area contributed by atoms with Gasteiger partial charge < -0.3 is 4.42 Å². The molecule has 80 valence electrons. The summed E-state index contributed by atoms with van der Waals surface area (Å²) in [5.74, 6) is -0.828. The van der Waals surface area contributed by atoms with Gasteiger partial charge in [-0.15, -0.1) is 0 Å². The number of ketones is 1. The third kappa shape index (κ3) is 1.83. The fraction of sp³-hybridized carbons (Fsp3) is 0. The quantitative estimate of drug-likeness (QED) is 0.449. The number of furan rings is 1. The summed E-state index contributed by atoms with van der Waals surface area (Å²) in [6.07, 6.45) is 0. The van der Waals surface area contributed by atoms with Crippen molar-refractivity contribution < 1.29 is 14.1 Å². The van der Waals surface area contributed by atoms with Crippen LogP contribution in [0, 0.1) is 10.1 Å². The fourth-order valence-corrected chi connectivity index (χ4v) is 1.28. The highest BCUT2D eigenvalue weighted by atomic mass is 16.6. The third-order valence-electron chi connectivity index (χ3n) is 2.03. The summed E-state index contributed by atoms with van der Waals surface area (Å²) >= 11 is 0. The molecule has 0 unspecified atom stereocenters. The van der Waals surface area contributed by atoms with E-state index >= 15 is 0 Å². The van der Waals surface area contributed by atoms with Crippen LogP contribution in [0.3, 0.4) is 0 Å². The number of benzene rings is 1. The molecule has 0 amide bonds. The molecular formula is C11H7NO4. The van der Waals surface area contributed by atoms with Crippen LogP contribution in [-0.4, -0.2) is 10.7 Å². The van der Waals surface area contributed by atoms with E-state index in [1.54, 1.807) is 30.3 Å². The predicted octanol–water partition coefficient (Wildman–Crippen LogP) is 2.42. The van der Waals surface area contributed by atoms with Crippen LogP contribution in [0.5, 0.6) is 0 Å². The number of nitro groups is 1. The molecule has 0 spiro atoms. The van der Waals surface area contributed by atoms with Crippen molar-refractivity contribution in [1.29, 1.82) is 0 Å². The van der Waals surface area contributed by atoms with Crippen molar-refractivity contribution in [3.05, 3.63) is 63.9 Å². The molecule has 0 radical (unpaired) electrons. The van der Waals surface area contributed by atoms with Crippen LogP contribution in [0.25, 0.3) is 0 Å². The van der Waals surface area contributed by atoms with Crippen LogP contribution in [0.4, 0.5) is 5.88 Å². The second kappa shape index (κ2) is 3.98. The van der Waals surface area contributed by atoms with Crippen molar-refractivity contribution in [2.24, 2.45) is 0 Å².